The minimum atomic E-state index is -0.746. The van der Waals surface area contributed by atoms with E-state index in [1.165, 1.54) is 12.1 Å². The summed E-state index contributed by atoms with van der Waals surface area (Å²) in [6, 6.07) is 6.20. The summed E-state index contributed by atoms with van der Waals surface area (Å²) >= 11 is 0. The van der Waals surface area contributed by atoms with Crippen molar-refractivity contribution in [1.82, 2.24) is 4.90 Å². The molecule has 0 aromatic heterocycles. The van der Waals surface area contributed by atoms with Crippen LogP contribution < -0.4 is 0 Å². The van der Waals surface area contributed by atoms with Crippen LogP contribution in [0.5, 0.6) is 0 Å². The third-order valence-electron chi connectivity index (χ3n) is 4.11. The molecule has 1 fully saturated rings. The van der Waals surface area contributed by atoms with Crippen LogP contribution in [0.2, 0.25) is 0 Å². The van der Waals surface area contributed by atoms with Gasteiger partial charge in [-0.3, -0.25) is 9.69 Å². The molecule has 1 aliphatic rings. The van der Waals surface area contributed by atoms with E-state index < -0.39 is 17.2 Å². The van der Waals surface area contributed by atoms with Gasteiger partial charge in [0.1, 0.15) is 5.82 Å². The normalized spacial score (nSPS) is 22.1. The second-order valence-electron chi connectivity index (χ2n) is 5.76. The first kappa shape index (κ1) is 15.5. The first-order chi connectivity index (χ1) is 9.99. The zero-order valence-corrected chi connectivity index (χ0v) is 12.1. The number of hydrogen-bond acceptors (Lipinski definition) is 3. The molecule has 0 saturated carbocycles. The summed E-state index contributed by atoms with van der Waals surface area (Å²) in [6.07, 6.45) is 2.11. The number of benzene rings is 1. The van der Waals surface area contributed by atoms with Gasteiger partial charge in [0, 0.05) is 13.1 Å². The third kappa shape index (κ3) is 3.40. The van der Waals surface area contributed by atoms with Crippen molar-refractivity contribution in [3.63, 3.8) is 0 Å². The fourth-order valence-electron chi connectivity index (χ4n) is 3.12. The molecule has 1 aromatic rings. The van der Waals surface area contributed by atoms with Crippen LogP contribution in [0.3, 0.4) is 0 Å². The van der Waals surface area contributed by atoms with Gasteiger partial charge in [0.25, 0.3) is 0 Å². The largest absolute Gasteiger partial charge is 0.481 e. The maximum absolute atomic E-state index is 13.4. The highest BCUT2D eigenvalue weighted by Gasteiger charge is 2.43. The molecular weight excluding hydrogens is 271 g/mol. The second-order valence-corrected chi connectivity index (χ2v) is 5.76. The number of halogens is 1. The quantitative estimate of drug-likeness (QED) is 0.905. The maximum atomic E-state index is 13.4. The topological polar surface area (TPSA) is 64.3 Å². The highest BCUT2D eigenvalue weighted by atomic mass is 19.1. The highest BCUT2D eigenvalue weighted by molar-refractivity contribution is 5.75. The minimum Gasteiger partial charge on any atom is -0.481 e. The summed E-state index contributed by atoms with van der Waals surface area (Å²) < 4.78 is 13.4. The molecule has 0 aliphatic carbocycles. The molecule has 1 unspecified atom stereocenters. The lowest BCUT2D eigenvalue weighted by molar-refractivity contribution is -0.148. The van der Waals surface area contributed by atoms with E-state index in [4.69, 9.17) is 5.26 Å². The Labute approximate surface area is 123 Å². The SMILES string of the molecule is CCCC1(C(=O)O)CCN(Cc2cc(F)cc(C#N)c2)C1. The van der Waals surface area contributed by atoms with E-state index in [1.807, 2.05) is 17.9 Å². The second kappa shape index (κ2) is 6.23. The summed E-state index contributed by atoms with van der Waals surface area (Å²) in [6.45, 7) is 3.63. The van der Waals surface area contributed by atoms with Gasteiger partial charge < -0.3 is 5.11 Å². The molecule has 1 heterocycles. The molecule has 1 atom stereocenters. The van der Waals surface area contributed by atoms with E-state index in [9.17, 15) is 14.3 Å². The van der Waals surface area contributed by atoms with E-state index in [2.05, 4.69) is 0 Å². The molecule has 1 aliphatic heterocycles. The van der Waals surface area contributed by atoms with Crippen molar-refractivity contribution in [2.75, 3.05) is 13.1 Å². The lowest BCUT2D eigenvalue weighted by Gasteiger charge is -2.24. The number of carbonyl (C=O) groups is 1. The predicted molar refractivity (Wildman–Crippen MR) is 76.0 cm³/mol. The summed E-state index contributed by atoms with van der Waals surface area (Å²) in [4.78, 5) is 13.6. The van der Waals surface area contributed by atoms with E-state index >= 15 is 0 Å². The van der Waals surface area contributed by atoms with Gasteiger partial charge >= 0.3 is 5.97 Å². The van der Waals surface area contributed by atoms with Crippen LogP contribution in [0.15, 0.2) is 18.2 Å². The molecule has 1 saturated heterocycles. The number of hydrogen-bond donors (Lipinski definition) is 1. The van der Waals surface area contributed by atoms with E-state index in [0.717, 1.165) is 6.42 Å². The molecule has 1 aromatic carbocycles. The van der Waals surface area contributed by atoms with E-state index in [-0.39, 0.29) is 0 Å². The van der Waals surface area contributed by atoms with Gasteiger partial charge in [-0.1, -0.05) is 13.3 Å². The number of likely N-dealkylation sites (tertiary alicyclic amines) is 1. The molecule has 4 nitrogen and oxygen atoms in total. The first-order valence-electron chi connectivity index (χ1n) is 7.14. The summed E-state index contributed by atoms with van der Waals surface area (Å²) in [5.74, 6) is -1.18. The number of carboxylic acid groups (broad SMARTS) is 1. The van der Waals surface area contributed by atoms with Crippen LogP contribution in [-0.2, 0) is 11.3 Å². The van der Waals surface area contributed by atoms with Crippen molar-refractivity contribution in [3.8, 4) is 6.07 Å². The summed E-state index contributed by atoms with van der Waals surface area (Å²) in [5.41, 5.74) is 0.326. The monoisotopic (exact) mass is 290 g/mol. The van der Waals surface area contributed by atoms with Gasteiger partial charge in [0.05, 0.1) is 17.0 Å². The highest BCUT2D eigenvalue weighted by Crippen LogP contribution is 2.36. The summed E-state index contributed by atoms with van der Waals surface area (Å²) in [5, 5.41) is 18.3. The Morgan fingerprint density at radius 1 is 1.52 bits per heavy atom. The van der Waals surface area contributed by atoms with Crippen molar-refractivity contribution in [3.05, 3.63) is 35.1 Å². The number of nitrogens with zero attached hydrogens (tertiary/aromatic N) is 2. The molecule has 2 rings (SSSR count). The van der Waals surface area contributed by atoms with Crippen molar-refractivity contribution in [2.45, 2.75) is 32.7 Å². The Balaban J connectivity index is 2.10. The molecule has 0 spiro atoms. The first-order valence-corrected chi connectivity index (χ1v) is 7.14. The molecule has 21 heavy (non-hydrogen) atoms. The van der Waals surface area contributed by atoms with Crippen molar-refractivity contribution in [1.29, 1.82) is 5.26 Å². The third-order valence-corrected chi connectivity index (χ3v) is 4.11. The lowest BCUT2D eigenvalue weighted by Crippen LogP contribution is -2.34. The molecule has 5 heteroatoms. The maximum Gasteiger partial charge on any atom is 0.310 e. The van der Waals surface area contributed by atoms with Gasteiger partial charge in [-0.25, -0.2) is 4.39 Å². The zero-order chi connectivity index (χ0) is 15.5. The van der Waals surface area contributed by atoms with Crippen LogP contribution in [0.25, 0.3) is 0 Å². The smallest absolute Gasteiger partial charge is 0.310 e. The fourth-order valence-corrected chi connectivity index (χ4v) is 3.12. The minimum absolute atomic E-state index is 0.294. The van der Waals surface area contributed by atoms with Gasteiger partial charge in [0.15, 0.2) is 0 Å². The standard InChI is InChI=1S/C16H19FN2O2/c1-2-3-16(15(20)21)4-5-19(11-16)10-13-6-12(9-18)7-14(17)8-13/h6-8H,2-5,10-11H2,1H3,(H,20,21). The van der Waals surface area contributed by atoms with Crippen LogP contribution in [-0.4, -0.2) is 29.1 Å². The Hall–Kier alpha value is -1.93. The Kier molecular flexibility index (Phi) is 4.59. The van der Waals surface area contributed by atoms with Gasteiger partial charge in [-0.2, -0.15) is 5.26 Å². The van der Waals surface area contributed by atoms with Gasteiger partial charge in [0.2, 0.25) is 0 Å². The number of rotatable bonds is 5. The molecule has 0 amide bonds. The van der Waals surface area contributed by atoms with Crippen LogP contribution in [0.1, 0.15) is 37.3 Å². The fraction of sp³-hybridized carbons (Fsp3) is 0.500. The summed E-state index contributed by atoms with van der Waals surface area (Å²) in [7, 11) is 0. The average molecular weight is 290 g/mol. The number of aliphatic carboxylic acids is 1. The predicted octanol–water partition coefficient (Wildman–Crippen LogP) is 2.77. The van der Waals surface area contributed by atoms with Gasteiger partial charge in [-0.05, 0) is 43.1 Å². The van der Waals surface area contributed by atoms with Gasteiger partial charge in [-0.15, -0.1) is 0 Å². The van der Waals surface area contributed by atoms with Crippen molar-refractivity contribution in [2.24, 2.45) is 5.41 Å². The zero-order valence-electron chi connectivity index (χ0n) is 12.1. The van der Waals surface area contributed by atoms with Crippen LogP contribution in [0.4, 0.5) is 4.39 Å². The molecule has 1 N–H and O–H groups in total. The van der Waals surface area contributed by atoms with E-state index in [1.54, 1.807) is 6.07 Å². The Morgan fingerprint density at radius 2 is 2.29 bits per heavy atom. The molecular formula is C16H19FN2O2. The number of nitriles is 1. The average Bonchev–Trinajstić information content (AvgIpc) is 2.83. The van der Waals surface area contributed by atoms with Crippen molar-refractivity contribution >= 4 is 5.97 Å². The Morgan fingerprint density at radius 3 is 2.90 bits per heavy atom. The van der Waals surface area contributed by atoms with Crippen LogP contribution >= 0.6 is 0 Å². The lowest BCUT2D eigenvalue weighted by atomic mass is 9.83. The Bertz CT molecular complexity index is 582. The number of carboxylic acids is 1. The molecule has 0 radical (unpaired) electrons. The molecule has 0 bridgehead atoms. The van der Waals surface area contributed by atoms with E-state index in [0.29, 0.717) is 43.6 Å². The van der Waals surface area contributed by atoms with Crippen molar-refractivity contribution < 1.29 is 14.3 Å². The van der Waals surface area contributed by atoms with Crippen LogP contribution in [0, 0.1) is 22.6 Å². The molecule has 112 valence electrons.